The van der Waals surface area contributed by atoms with Gasteiger partial charge in [0.2, 0.25) is 0 Å². The quantitative estimate of drug-likeness (QED) is 0.479. The largest absolute Gasteiger partial charge is 0.329 e. The van der Waals surface area contributed by atoms with Gasteiger partial charge in [-0.05, 0) is 55.5 Å². The molecule has 0 radical (unpaired) electrons. The SMILES string of the molecule is CCCCN(C(=O)c1ccc(C(C)(C)C)cc1)C(C)c1nc2ccccc2c(=O)n1CC. The molecular formula is C27H35N3O2. The molecule has 3 aromatic rings. The number of para-hydroxylation sites is 1. The number of carbonyl (C=O) groups excluding carboxylic acids is 1. The molecule has 2 aromatic carbocycles. The summed E-state index contributed by atoms with van der Waals surface area (Å²) in [5.74, 6) is 0.600. The Morgan fingerprint density at radius 3 is 2.31 bits per heavy atom. The van der Waals surface area contributed by atoms with Gasteiger partial charge in [-0.15, -0.1) is 0 Å². The second kappa shape index (κ2) is 9.68. The molecule has 0 aliphatic carbocycles. The van der Waals surface area contributed by atoms with Crippen LogP contribution in [-0.2, 0) is 12.0 Å². The zero-order valence-corrected chi connectivity index (χ0v) is 20.2. The number of benzene rings is 2. The van der Waals surface area contributed by atoms with Gasteiger partial charge in [0.15, 0.2) is 0 Å². The van der Waals surface area contributed by atoms with Crippen molar-refractivity contribution in [1.29, 1.82) is 0 Å². The lowest BCUT2D eigenvalue weighted by Crippen LogP contribution is -2.38. The standard InChI is InChI=1S/C27H35N3O2/c1-7-9-18-30(25(31)20-14-16-21(17-15-20)27(4,5)6)19(3)24-28-23-13-11-10-12-22(23)26(32)29(24)8-2/h10-17,19H,7-9,18H2,1-6H3. The summed E-state index contributed by atoms with van der Waals surface area (Å²) in [6.07, 6.45) is 1.87. The van der Waals surface area contributed by atoms with Crippen molar-refractivity contribution in [2.75, 3.05) is 6.54 Å². The monoisotopic (exact) mass is 433 g/mol. The Hall–Kier alpha value is -2.95. The van der Waals surface area contributed by atoms with Crippen molar-refractivity contribution in [3.63, 3.8) is 0 Å². The fraction of sp³-hybridized carbons (Fsp3) is 0.444. The molecule has 0 saturated carbocycles. The lowest BCUT2D eigenvalue weighted by molar-refractivity contribution is 0.0676. The van der Waals surface area contributed by atoms with E-state index in [9.17, 15) is 9.59 Å². The summed E-state index contributed by atoms with van der Waals surface area (Å²) in [4.78, 5) is 33.4. The maximum Gasteiger partial charge on any atom is 0.261 e. The fourth-order valence-corrected chi connectivity index (χ4v) is 4.03. The first-order valence-electron chi connectivity index (χ1n) is 11.6. The van der Waals surface area contributed by atoms with Gasteiger partial charge in [0.1, 0.15) is 5.82 Å². The van der Waals surface area contributed by atoms with E-state index in [1.807, 2.05) is 67.3 Å². The number of unbranched alkanes of at least 4 members (excludes halogenated alkanes) is 1. The van der Waals surface area contributed by atoms with Gasteiger partial charge in [-0.2, -0.15) is 0 Å². The number of carbonyl (C=O) groups is 1. The van der Waals surface area contributed by atoms with E-state index in [0.29, 0.717) is 35.4 Å². The first-order chi connectivity index (χ1) is 15.2. The molecule has 0 aliphatic rings. The Kier molecular flexibility index (Phi) is 7.17. The Balaban J connectivity index is 2.04. The van der Waals surface area contributed by atoms with Crippen molar-refractivity contribution in [2.24, 2.45) is 0 Å². The number of rotatable bonds is 7. The van der Waals surface area contributed by atoms with E-state index >= 15 is 0 Å². The first kappa shape index (κ1) is 23.7. The number of aromatic nitrogens is 2. The molecule has 1 aromatic heterocycles. The number of hydrogen-bond acceptors (Lipinski definition) is 3. The van der Waals surface area contributed by atoms with E-state index in [0.717, 1.165) is 12.8 Å². The topological polar surface area (TPSA) is 55.2 Å². The van der Waals surface area contributed by atoms with Crippen molar-refractivity contribution in [3.8, 4) is 0 Å². The first-order valence-corrected chi connectivity index (χ1v) is 11.6. The van der Waals surface area contributed by atoms with Crippen LogP contribution in [0.15, 0.2) is 53.3 Å². The highest BCUT2D eigenvalue weighted by atomic mass is 16.2. The summed E-state index contributed by atoms with van der Waals surface area (Å²) in [5.41, 5.74) is 2.49. The Morgan fingerprint density at radius 1 is 1.06 bits per heavy atom. The maximum absolute atomic E-state index is 13.6. The van der Waals surface area contributed by atoms with Gasteiger partial charge >= 0.3 is 0 Å². The van der Waals surface area contributed by atoms with Gasteiger partial charge in [0.25, 0.3) is 11.5 Å². The maximum atomic E-state index is 13.6. The smallest absolute Gasteiger partial charge is 0.261 e. The molecule has 1 unspecified atom stereocenters. The van der Waals surface area contributed by atoms with Gasteiger partial charge in [0.05, 0.1) is 16.9 Å². The number of hydrogen-bond donors (Lipinski definition) is 0. The van der Waals surface area contributed by atoms with Crippen LogP contribution < -0.4 is 5.56 Å². The van der Waals surface area contributed by atoms with Gasteiger partial charge in [0, 0.05) is 18.7 Å². The number of nitrogens with zero attached hydrogens (tertiary/aromatic N) is 3. The van der Waals surface area contributed by atoms with Gasteiger partial charge in [-0.1, -0.05) is 58.4 Å². The molecule has 0 bridgehead atoms. The molecule has 0 aliphatic heterocycles. The summed E-state index contributed by atoms with van der Waals surface area (Å²) in [5, 5.41) is 0.606. The van der Waals surface area contributed by atoms with E-state index in [1.54, 1.807) is 4.57 Å². The van der Waals surface area contributed by atoms with Crippen molar-refractivity contribution in [1.82, 2.24) is 14.5 Å². The molecule has 5 nitrogen and oxygen atoms in total. The van der Waals surface area contributed by atoms with E-state index in [2.05, 4.69) is 27.7 Å². The zero-order chi connectivity index (χ0) is 23.5. The molecule has 1 heterocycles. The summed E-state index contributed by atoms with van der Waals surface area (Å²) >= 11 is 0. The van der Waals surface area contributed by atoms with Crippen molar-refractivity contribution >= 4 is 16.8 Å². The molecular weight excluding hydrogens is 398 g/mol. The van der Waals surface area contributed by atoms with Gasteiger partial charge in [-0.25, -0.2) is 4.98 Å². The third-order valence-electron chi connectivity index (χ3n) is 6.06. The minimum Gasteiger partial charge on any atom is -0.329 e. The third kappa shape index (κ3) is 4.77. The van der Waals surface area contributed by atoms with Crippen LogP contribution in [0.4, 0.5) is 0 Å². The molecule has 1 amide bonds. The van der Waals surface area contributed by atoms with Crippen LogP contribution in [0, 0.1) is 0 Å². The van der Waals surface area contributed by atoms with Crippen LogP contribution in [0.5, 0.6) is 0 Å². The second-order valence-corrected chi connectivity index (χ2v) is 9.39. The van der Waals surface area contributed by atoms with Crippen LogP contribution >= 0.6 is 0 Å². The predicted molar refractivity (Wildman–Crippen MR) is 131 cm³/mol. The molecule has 0 N–H and O–H groups in total. The van der Waals surface area contributed by atoms with Gasteiger partial charge in [-0.3, -0.25) is 14.2 Å². The molecule has 170 valence electrons. The summed E-state index contributed by atoms with van der Waals surface area (Å²) < 4.78 is 1.70. The van der Waals surface area contributed by atoms with Crippen molar-refractivity contribution in [2.45, 2.75) is 72.4 Å². The minimum atomic E-state index is -0.325. The van der Waals surface area contributed by atoms with Crippen molar-refractivity contribution in [3.05, 3.63) is 75.8 Å². The Bertz CT molecular complexity index is 1140. The normalized spacial score (nSPS) is 12.7. The molecule has 0 spiro atoms. The molecule has 0 fully saturated rings. The minimum absolute atomic E-state index is 0.0307. The number of fused-ring (bicyclic) bond motifs is 1. The van der Waals surface area contributed by atoms with Crippen LogP contribution in [0.2, 0.25) is 0 Å². The molecule has 5 heteroatoms. The fourth-order valence-electron chi connectivity index (χ4n) is 4.03. The molecule has 1 atom stereocenters. The van der Waals surface area contributed by atoms with Crippen LogP contribution in [0.3, 0.4) is 0 Å². The molecule has 0 saturated heterocycles. The zero-order valence-electron chi connectivity index (χ0n) is 20.2. The van der Waals surface area contributed by atoms with Crippen LogP contribution in [0.1, 0.15) is 82.2 Å². The molecule has 3 rings (SSSR count). The Morgan fingerprint density at radius 2 is 1.72 bits per heavy atom. The summed E-state index contributed by atoms with van der Waals surface area (Å²) in [6, 6.07) is 15.0. The van der Waals surface area contributed by atoms with E-state index < -0.39 is 0 Å². The van der Waals surface area contributed by atoms with E-state index in [4.69, 9.17) is 4.98 Å². The Labute approximate surface area is 191 Å². The van der Waals surface area contributed by atoms with E-state index in [-0.39, 0.29) is 22.9 Å². The van der Waals surface area contributed by atoms with Crippen molar-refractivity contribution < 1.29 is 4.79 Å². The highest BCUT2D eigenvalue weighted by Crippen LogP contribution is 2.25. The highest BCUT2D eigenvalue weighted by molar-refractivity contribution is 5.94. The van der Waals surface area contributed by atoms with Crippen LogP contribution in [-0.4, -0.2) is 26.9 Å². The highest BCUT2D eigenvalue weighted by Gasteiger charge is 2.27. The second-order valence-electron chi connectivity index (χ2n) is 9.39. The number of amides is 1. The summed E-state index contributed by atoms with van der Waals surface area (Å²) in [7, 11) is 0. The van der Waals surface area contributed by atoms with Crippen LogP contribution in [0.25, 0.3) is 10.9 Å². The van der Waals surface area contributed by atoms with E-state index in [1.165, 1.54) is 5.56 Å². The summed E-state index contributed by atoms with van der Waals surface area (Å²) in [6.45, 7) is 13.6. The lowest BCUT2D eigenvalue weighted by Gasteiger charge is -2.31. The lowest BCUT2D eigenvalue weighted by atomic mass is 9.86. The third-order valence-corrected chi connectivity index (χ3v) is 6.06. The average molecular weight is 434 g/mol. The van der Waals surface area contributed by atoms with Gasteiger partial charge < -0.3 is 4.90 Å². The predicted octanol–water partition coefficient (Wildman–Crippen LogP) is 5.72. The molecule has 32 heavy (non-hydrogen) atoms. The average Bonchev–Trinajstić information content (AvgIpc) is 2.78.